The first kappa shape index (κ1) is 28.2. The third kappa shape index (κ3) is 5.63. The lowest BCUT2D eigenvalue weighted by molar-refractivity contribution is -0.152. The van der Waals surface area contributed by atoms with E-state index in [1.165, 1.54) is 25.7 Å². The lowest BCUT2D eigenvalue weighted by Crippen LogP contribution is -2.44. The van der Waals surface area contributed by atoms with Crippen molar-refractivity contribution in [2.45, 2.75) is 122 Å². The second kappa shape index (κ2) is 11.1. The SMILES string of the molecule is C=C[C@]1(C)C[C@@H](OC(=O)CSC2C[C@H]3CC[C@@H](C2)N3C)[C@@H](C)[C@H](C)CC[C@]2(CCC(=O)C2)[C@@H](C)[C@@H]1C. The van der Waals surface area contributed by atoms with E-state index >= 15 is 0 Å². The second-order valence-electron chi connectivity index (χ2n) is 13.4. The van der Waals surface area contributed by atoms with Crippen LogP contribution in [-0.4, -0.2) is 52.9 Å². The number of esters is 1. The smallest absolute Gasteiger partial charge is 0.316 e. The molecule has 5 heteroatoms. The highest BCUT2D eigenvalue weighted by molar-refractivity contribution is 8.00. The number of carbonyl (C=O) groups is 2. The van der Waals surface area contributed by atoms with Gasteiger partial charge < -0.3 is 9.64 Å². The first-order valence-electron chi connectivity index (χ1n) is 14.7. The summed E-state index contributed by atoms with van der Waals surface area (Å²) >= 11 is 1.83. The number of rotatable bonds is 5. The van der Waals surface area contributed by atoms with Crippen LogP contribution in [0.25, 0.3) is 0 Å². The van der Waals surface area contributed by atoms with Crippen molar-refractivity contribution in [3.8, 4) is 0 Å². The Balaban J connectivity index is 1.44. The zero-order valence-electron chi connectivity index (χ0n) is 23.8. The van der Waals surface area contributed by atoms with Crippen LogP contribution in [0.2, 0.25) is 0 Å². The van der Waals surface area contributed by atoms with Crippen LogP contribution in [0.3, 0.4) is 0 Å². The summed E-state index contributed by atoms with van der Waals surface area (Å²) in [5, 5.41) is 0.580. The molecule has 2 bridgehead atoms. The molecule has 2 saturated carbocycles. The van der Waals surface area contributed by atoms with Gasteiger partial charge in [0.1, 0.15) is 11.9 Å². The number of Topliss-reactive ketones (excluding diaryl/α,β-unsaturated/α-hetero) is 1. The van der Waals surface area contributed by atoms with Crippen molar-refractivity contribution in [2.24, 2.45) is 34.5 Å². The van der Waals surface area contributed by atoms with Gasteiger partial charge in [0.05, 0.1) is 5.75 Å². The Morgan fingerprint density at radius 3 is 2.36 bits per heavy atom. The van der Waals surface area contributed by atoms with Gasteiger partial charge in [-0.1, -0.05) is 40.7 Å². The molecule has 1 spiro atoms. The zero-order chi connectivity index (χ0) is 26.3. The van der Waals surface area contributed by atoms with E-state index in [0.29, 0.717) is 46.6 Å². The lowest BCUT2D eigenvalue weighted by Gasteiger charge is -2.48. The number of ketones is 1. The fraction of sp³-hybridized carbons (Fsp3) is 0.871. The molecule has 2 aliphatic carbocycles. The first-order chi connectivity index (χ1) is 17.0. The second-order valence-corrected chi connectivity index (χ2v) is 14.7. The van der Waals surface area contributed by atoms with E-state index in [9.17, 15) is 9.59 Å². The Morgan fingerprint density at radius 1 is 1.11 bits per heavy atom. The third-order valence-electron chi connectivity index (χ3n) is 11.7. The van der Waals surface area contributed by atoms with Gasteiger partial charge in [0.25, 0.3) is 0 Å². The summed E-state index contributed by atoms with van der Waals surface area (Å²) in [6.07, 6.45) is 12.6. The summed E-state index contributed by atoms with van der Waals surface area (Å²) in [6, 6.07) is 1.40. The summed E-state index contributed by atoms with van der Waals surface area (Å²) in [7, 11) is 2.27. The molecule has 4 rings (SSSR count). The fourth-order valence-corrected chi connectivity index (χ4v) is 9.30. The van der Waals surface area contributed by atoms with E-state index in [4.69, 9.17) is 4.74 Å². The average Bonchev–Trinajstić information content (AvgIpc) is 3.32. The van der Waals surface area contributed by atoms with Crippen molar-refractivity contribution < 1.29 is 14.3 Å². The summed E-state index contributed by atoms with van der Waals surface area (Å²) in [4.78, 5) is 28.1. The first-order valence-corrected chi connectivity index (χ1v) is 15.7. The van der Waals surface area contributed by atoms with Crippen molar-refractivity contribution in [1.82, 2.24) is 4.90 Å². The molecule has 204 valence electrons. The number of hydrogen-bond acceptors (Lipinski definition) is 5. The number of thioether (sulfide) groups is 1. The molecular formula is C31H51NO3S. The minimum Gasteiger partial charge on any atom is -0.461 e. The minimum atomic E-state index is -0.144. The quantitative estimate of drug-likeness (QED) is 0.293. The maximum Gasteiger partial charge on any atom is 0.316 e. The minimum absolute atomic E-state index is 0.0441. The van der Waals surface area contributed by atoms with Gasteiger partial charge in [0.15, 0.2) is 0 Å². The lowest BCUT2D eigenvalue weighted by atomic mass is 9.57. The van der Waals surface area contributed by atoms with Crippen molar-refractivity contribution in [3.63, 3.8) is 0 Å². The molecule has 0 aromatic heterocycles. The fourth-order valence-electron chi connectivity index (χ4n) is 8.14. The van der Waals surface area contributed by atoms with Crippen molar-refractivity contribution in [1.29, 1.82) is 0 Å². The van der Waals surface area contributed by atoms with Crippen molar-refractivity contribution in [2.75, 3.05) is 12.8 Å². The van der Waals surface area contributed by atoms with Gasteiger partial charge in [-0.2, -0.15) is 0 Å². The molecule has 2 aliphatic heterocycles. The highest BCUT2D eigenvalue weighted by atomic mass is 32.2. The summed E-state index contributed by atoms with van der Waals surface area (Å²) in [5.41, 5.74) is -0.0308. The number of allylic oxidation sites excluding steroid dienone is 1. The number of piperidine rings is 1. The van der Waals surface area contributed by atoms with E-state index in [-0.39, 0.29) is 28.8 Å². The normalized spacial score (nSPS) is 46.1. The van der Waals surface area contributed by atoms with Gasteiger partial charge in [0.2, 0.25) is 0 Å². The number of hydrogen-bond donors (Lipinski definition) is 0. The molecule has 0 aromatic carbocycles. The van der Waals surface area contributed by atoms with E-state index in [0.717, 1.165) is 38.5 Å². The molecule has 0 amide bonds. The average molecular weight is 518 g/mol. The Bertz CT molecular complexity index is 817. The molecule has 36 heavy (non-hydrogen) atoms. The van der Waals surface area contributed by atoms with Gasteiger partial charge in [0, 0.05) is 30.2 Å². The Kier molecular flexibility index (Phi) is 8.71. The number of nitrogens with zero attached hydrogens (tertiary/aromatic N) is 1. The van der Waals surface area contributed by atoms with Crippen LogP contribution in [0.5, 0.6) is 0 Å². The molecule has 4 fully saturated rings. The highest BCUT2D eigenvalue weighted by Crippen LogP contribution is 2.55. The molecule has 0 radical (unpaired) electrons. The monoisotopic (exact) mass is 517 g/mol. The van der Waals surface area contributed by atoms with Crippen LogP contribution in [0.1, 0.15) is 98.8 Å². The van der Waals surface area contributed by atoms with E-state index < -0.39 is 0 Å². The summed E-state index contributed by atoms with van der Waals surface area (Å²) in [5.74, 6) is 2.39. The maximum absolute atomic E-state index is 13.2. The van der Waals surface area contributed by atoms with E-state index in [1.54, 1.807) is 0 Å². The van der Waals surface area contributed by atoms with Gasteiger partial charge in [-0.25, -0.2) is 0 Å². The molecule has 4 nitrogen and oxygen atoms in total. The Labute approximate surface area is 224 Å². The molecule has 10 atom stereocenters. The molecule has 2 heterocycles. The van der Waals surface area contributed by atoms with Crippen LogP contribution < -0.4 is 0 Å². The van der Waals surface area contributed by atoms with E-state index in [1.807, 2.05) is 11.8 Å². The molecule has 0 aromatic rings. The van der Waals surface area contributed by atoms with Gasteiger partial charge >= 0.3 is 5.97 Å². The van der Waals surface area contributed by atoms with Crippen molar-refractivity contribution in [3.05, 3.63) is 12.7 Å². The van der Waals surface area contributed by atoms with Crippen LogP contribution in [0.15, 0.2) is 12.7 Å². The predicted molar refractivity (Wildman–Crippen MR) is 150 cm³/mol. The van der Waals surface area contributed by atoms with E-state index in [2.05, 4.69) is 59.2 Å². The predicted octanol–water partition coefficient (Wildman–Crippen LogP) is 6.92. The zero-order valence-corrected chi connectivity index (χ0v) is 24.6. The third-order valence-corrected chi connectivity index (χ3v) is 12.9. The Hall–Kier alpha value is -0.810. The molecule has 0 N–H and O–H groups in total. The molecule has 2 saturated heterocycles. The molecule has 1 unspecified atom stereocenters. The van der Waals surface area contributed by atoms with Crippen LogP contribution >= 0.6 is 11.8 Å². The number of fused-ring (bicyclic) bond motifs is 2. The Morgan fingerprint density at radius 2 is 1.78 bits per heavy atom. The molecular weight excluding hydrogens is 466 g/mol. The van der Waals surface area contributed by atoms with Gasteiger partial charge in [-0.15, -0.1) is 18.3 Å². The van der Waals surface area contributed by atoms with Crippen LogP contribution in [0, 0.1) is 34.5 Å². The summed E-state index contributed by atoms with van der Waals surface area (Å²) < 4.78 is 6.33. The largest absolute Gasteiger partial charge is 0.461 e. The standard InChI is InChI=1S/C31H51NO3S/c1-8-30(6)18-28(35-29(34)19-36-27-15-24-9-10-25(16-27)32(24)7)21(3)20(2)11-13-31(23(5)22(30)4)14-12-26(33)17-31/h8,20-25,27-28H,1,9-19H2,2-7H3/t20-,21+,22+,23+,24-,25+,27?,28-,30-,31-/m1/s1. The highest BCUT2D eigenvalue weighted by Gasteiger charge is 2.49. The molecule has 4 aliphatic rings. The number of carbonyl (C=O) groups excluding carboxylic acids is 2. The van der Waals surface area contributed by atoms with Crippen molar-refractivity contribution >= 4 is 23.5 Å². The maximum atomic E-state index is 13.2. The van der Waals surface area contributed by atoms with Gasteiger partial charge in [-0.3, -0.25) is 9.59 Å². The van der Waals surface area contributed by atoms with Crippen LogP contribution in [-0.2, 0) is 14.3 Å². The van der Waals surface area contributed by atoms with Gasteiger partial charge in [-0.05, 0) is 92.9 Å². The topological polar surface area (TPSA) is 46.6 Å². The summed E-state index contributed by atoms with van der Waals surface area (Å²) in [6.45, 7) is 15.9. The van der Waals surface area contributed by atoms with Crippen LogP contribution in [0.4, 0.5) is 0 Å². The number of ether oxygens (including phenoxy) is 1.